The summed E-state index contributed by atoms with van der Waals surface area (Å²) in [4.78, 5) is 17.2. The van der Waals surface area contributed by atoms with Crippen molar-refractivity contribution in [2.24, 2.45) is 4.99 Å². The van der Waals surface area contributed by atoms with Gasteiger partial charge < -0.3 is 21.7 Å². The zero-order chi connectivity index (χ0) is 30.3. The first-order valence-corrected chi connectivity index (χ1v) is 13.8. The lowest BCUT2D eigenvalue weighted by molar-refractivity contribution is -0.138. The van der Waals surface area contributed by atoms with Crippen LogP contribution in [0.5, 0.6) is 0 Å². The van der Waals surface area contributed by atoms with Crippen LogP contribution in [0.4, 0.5) is 24.5 Å². The van der Waals surface area contributed by atoms with E-state index in [9.17, 15) is 18.0 Å². The predicted octanol–water partition coefficient (Wildman–Crippen LogP) is 7.15. The Morgan fingerprint density at radius 2 is 1.61 bits per heavy atom. The van der Waals surface area contributed by atoms with E-state index < -0.39 is 11.7 Å². The van der Waals surface area contributed by atoms with Crippen LogP contribution in [0.2, 0.25) is 0 Å². The number of carbonyl (C=O) groups is 1. The molecule has 1 atom stereocenters. The van der Waals surface area contributed by atoms with Crippen molar-refractivity contribution in [3.05, 3.63) is 107 Å². The highest BCUT2D eigenvalue weighted by molar-refractivity contribution is 6.03. The molecular weight excluding hydrogens is 527 g/mol. The van der Waals surface area contributed by atoms with Crippen LogP contribution in [0.15, 0.2) is 95.6 Å². The maximum absolute atomic E-state index is 13.5. The summed E-state index contributed by atoms with van der Waals surface area (Å²) in [5, 5.41) is 9.45. The molecule has 0 saturated carbocycles. The van der Waals surface area contributed by atoms with Gasteiger partial charge in [-0.3, -0.25) is 9.79 Å². The summed E-state index contributed by atoms with van der Waals surface area (Å²) in [5.41, 5.74) is 7.97. The molecule has 41 heavy (non-hydrogen) atoms. The number of nitrogens with two attached hydrogens (primary N) is 1. The topological polar surface area (TPSA) is 91.5 Å². The van der Waals surface area contributed by atoms with E-state index in [1.165, 1.54) is 18.2 Å². The summed E-state index contributed by atoms with van der Waals surface area (Å²) in [6, 6.07) is 21.4. The van der Waals surface area contributed by atoms with Crippen LogP contribution in [-0.2, 0) is 17.5 Å². The van der Waals surface area contributed by atoms with E-state index in [0.29, 0.717) is 41.4 Å². The molecule has 5 N–H and O–H groups in total. The van der Waals surface area contributed by atoms with Gasteiger partial charge in [-0.25, -0.2) is 0 Å². The minimum atomic E-state index is -4.48. The molecule has 0 aromatic heterocycles. The van der Waals surface area contributed by atoms with Crippen LogP contribution < -0.4 is 21.7 Å². The summed E-state index contributed by atoms with van der Waals surface area (Å²) in [6.07, 6.45) is -1.66. The molecule has 0 bridgehead atoms. The fourth-order valence-electron chi connectivity index (χ4n) is 3.96. The molecular formula is C32H40F3N5O. The Labute approximate surface area is 241 Å². The molecule has 0 aliphatic carbocycles. The van der Waals surface area contributed by atoms with E-state index in [4.69, 9.17) is 5.73 Å². The average Bonchev–Trinajstić information content (AvgIpc) is 2.95. The minimum Gasteiger partial charge on any atom is -0.398 e. The smallest absolute Gasteiger partial charge is 0.398 e. The van der Waals surface area contributed by atoms with E-state index >= 15 is 0 Å². The predicted molar refractivity (Wildman–Crippen MR) is 163 cm³/mol. The van der Waals surface area contributed by atoms with Gasteiger partial charge in [0.15, 0.2) is 0 Å². The molecule has 0 spiro atoms. The molecule has 220 valence electrons. The minimum absolute atomic E-state index is 0.0641. The molecule has 1 amide bonds. The van der Waals surface area contributed by atoms with Gasteiger partial charge in [0.2, 0.25) is 5.91 Å². The highest BCUT2D eigenvalue weighted by atomic mass is 19.4. The molecule has 3 aromatic rings. The first-order chi connectivity index (χ1) is 19.7. The van der Waals surface area contributed by atoms with Gasteiger partial charge >= 0.3 is 6.18 Å². The van der Waals surface area contributed by atoms with Crippen LogP contribution in [-0.4, -0.2) is 24.3 Å². The summed E-state index contributed by atoms with van der Waals surface area (Å²) in [6.45, 7) is 8.43. The van der Waals surface area contributed by atoms with Crippen molar-refractivity contribution in [2.45, 2.75) is 59.3 Å². The molecule has 0 heterocycles. The number of amides is 1. The zero-order valence-corrected chi connectivity index (χ0v) is 24.1. The molecule has 3 aromatic carbocycles. The van der Waals surface area contributed by atoms with Crippen molar-refractivity contribution in [3.8, 4) is 0 Å². The monoisotopic (exact) mass is 567 g/mol. The van der Waals surface area contributed by atoms with Gasteiger partial charge in [-0.05, 0) is 49.2 Å². The van der Waals surface area contributed by atoms with Crippen LogP contribution in [0.25, 0.3) is 0 Å². The summed E-state index contributed by atoms with van der Waals surface area (Å²) in [5.74, 6) is 0.109. The van der Waals surface area contributed by atoms with Gasteiger partial charge in [0.05, 0.1) is 12.1 Å². The summed E-state index contributed by atoms with van der Waals surface area (Å²) >= 11 is 0. The maximum Gasteiger partial charge on any atom is 0.416 e. The maximum atomic E-state index is 13.5. The lowest BCUT2D eigenvalue weighted by Gasteiger charge is -2.21. The molecule has 0 aliphatic rings. The van der Waals surface area contributed by atoms with Crippen LogP contribution in [0.1, 0.15) is 57.2 Å². The van der Waals surface area contributed by atoms with E-state index in [1.54, 1.807) is 42.5 Å². The van der Waals surface area contributed by atoms with Gasteiger partial charge in [0.25, 0.3) is 0 Å². The first-order valence-electron chi connectivity index (χ1n) is 13.8. The van der Waals surface area contributed by atoms with Crippen molar-refractivity contribution in [3.63, 3.8) is 0 Å². The second-order valence-electron chi connectivity index (χ2n) is 9.11. The van der Waals surface area contributed by atoms with E-state index in [2.05, 4.69) is 20.9 Å². The normalized spacial score (nSPS) is 12.6. The zero-order valence-electron chi connectivity index (χ0n) is 24.1. The number of anilines is 2. The number of carbonyl (C=O) groups excluding carboxylic acids is 1. The number of amidine groups is 1. The van der Waals surface area contributed by atoms with Crippen LogP contribution >= 0.6 is 0 Å². The molecule has 1 unspecified atom stereocenters. The van der Waals surface area contributed by atoms with Crippen LogP contribution in [0.3, 0.4) is 0 Å². The largest absolute Gasteiger partial charge is 0.416 e. The lowest BCUT2D eigenvalue weighted by atomic mass is 10.1. The fourth-order valence-corrected chi connectivity index (χ4v) is 3.96. The Bertz CT molecular complexity index is 1290. The number of benzene rings is 3. The van der Waals surface area contributed by atoms with Crippen molar-refractivity contribution in [1.29, 1.82) is 0 Å². The Hall–Kier alpha value is -4.27. The van der Waals surface area contributed by atoms with Crippen LogP contribution in [0, 0.1) is 0 Å². The van der Waals surface area contributed by atoms with Gasteiger partial charge in [-0.15, -0.1) is 0 Å². The number of rotatable bonds is 11. The number of nitrogens with one attached hydrogen (secondary N) is 3. The molecule has 0 aliphatic heterocycles. The number of para-hydroxylation sites is 2. The lowest BCUT2D eigenvalue weighted by Crippen LogP contribution is -2.36. The van der Waals surface area contributed by atoms with Crippen molar-refractivity contribution in [2.75, 3.05) is 17.6 Å². The number of hydrogen-bond acceptors (Lipinski definition) is 4. The summed E-state index contributed by atoms with van der Waals surface area (Å²) < 4.78 is 40.6. The Balaban J connectivity index is 0.00000287. The third-order valence-electron chi connectivity index (χ3n) is 5.80. The standard InChI is InChI=1S/C30H34F3N5O.C2H6/c1-3-17-35-24(19-28(39)38-23-12-5-4-6-13-23)18-21(2)37-29(25-14-8-10-16-27(25)34)36-20-22-11-7-9-15-26(22)30(31,32)33;1-2/h4-16,19,21,35H,3,17-18,20,34H2,1-2H3,(H,36,37)(H,38,39);1-2H3/b24-19+;. The van der Waals surface area contributed by atoms with Crippen molar-refractivity contribution in [1.82, 2.24) is 10.6 Å². The van der Waals surface area contributed by atoms with Gasteiger partial charge in [0.1, 0.15) is 5.84 Å². The van der Waals surface area contributed by atoms with Crippen molar-refractivity contribution >= 4 is 23.1 Å². The molecule has 0 saturated heterocycles. The second kappa shape index (κ2) is 16.7. The van der Waals surface area contributed by atoms with E-state index in [0.717, 1.165) is 12.5 Å². The Morgan fingerprint density at radius 1 is 0.976 bits per heavy atom. The second-order valence-corrected chi connectivity index (χ2v) is 9.11. The number of halogens is 3. The number of nitrogens with zero attached hydrogens (tertiary/aromatic N) is 1. The number of hydrogen-bond donors (Lipinski definition) is 4. The SMILES string of the molecule is CC.CCCN/C(=C/C(=O)Nc1ccccc1)CC(C)NC(=NCc1ccccc1C(F)(F)F)c1ccccc1N. The number of nitrogen functional groups attached to an aromatic ring is 1. The summed E-state index contributed by atoms with van der Waals surface area (Å²) in [7, 11) is 0. The van der Waals surface area contributed by atoms with Gasteiger partial charge in [-0.1, -0.05) is 69.3 Å². The number of alkyl halides is 3. The first kappa shape index (κ1) is 32.9. The highest BCUT2D eigenvalue weighted by Crippen LogP contribution is 2.32. The molecule has 0 radical (unpaired) electrons. The molecule has 0 fully saturated rings. The highest BCUT2D eigenvalue weighted by Gasteiger charge is 2.32. The molecule has 9 heteroatoms. The van der Waals surface area contributed by atoms with Gasteiger partial charge in [0, 0.05) is 47.7 Å². The Kier molecular flexibility index (Phi) is 13.5. The quantitative estimate of drug-likeness (QED) is 0.0857. The van der Waals surface area contributed by atoms with E-state index in [-0.39, 0.29) is 24.1 Å². The average molecular weight is 568 g/mol. The third-order valence-corrected chi connectivity index (χ3v) is 5.80. The Morgan fingerprint density at radius 3 is 2.27 bits per heavy atom. The molecule has 3 rings (SSSR count). The number of aliphatic imine (C=N–C) groups is 1. The van der Waals surface area contributed by atoms with Crippen molar-refractivity contribution < 1.29 is 18.0 Å². The molecule has 6 nitrogen and oxygen atoms in total. The van der Waals surface area contributed by atoms with E-state index in [1.807, 2.05) is 45.9 Å². The fraction of sp³-hybridized carbons (Fsp3) is 0.312. The van der Waals surface area contributed by atoms with Gasteiger partial charge in [-0.2, -0.15) is 13.2 Å². The third kappa shape index (κ3) is 11.0.